The van der Waals surface area contributed by atoms with Crippen molar-refractivity contribution in [1.29, 1.82) is 0 Å². The number of hydrogen-bond acceptors (Lipinski definition) is 5. The van der Waals surface area contributed by atoms with Gasteiger partial charge in [0.05, 0.1) is 0 Å². The number of rotatable bonds is 4. The molecular formula is C13H14ClN5O2. The predicted octanol–water partition coefficient (Wildman–Crippen LogP) is 0.703. The average Bonchev–Trinajstić information content (AvgIpc) is 3.04. The van der Waals surface area contributed by atoms with Gasteiger partial charge in [-0.15, -0.1) is 5.10 Å². The Morgan fingerprint density at radius 1 is 1.57 bits per heavy atom. The maximum absolute atomic E-state index is 12.1. The van der Waals surface area contributed by atoms with Crippen LogP contribution in [-0.4, -0.2) is 33.7 Å². The maximum Gasteiger partial charge on any atom is 0.261 e. The molecule has 1 aliphatic rings. The van der Waals surface area contributed by atoms with Gasteiger partial charge in [-0.1, -0.05) is 11.6 Å². The summed E-state index contributed by atoms with van der Waals surface area (Å²) in [5, 5.41) is 9.85. The van der Waals surface area contributed by atoms with Gasteiger partial charge in [-0.2, -0.15) is 4.98 Å². The van der Waals surface area contributed by atoms with Gasteiger partial charge in [0.15, 0.2) is 6.10 Å². The second-order valence-corrected chi connectivity index (χ2v) is 5.18. The molecule has 7 nitrogen and oxygen atoms in total. The summed E-state index contributed by atoms with van der Waals surface area (Å²) in [6.45, 7) is 0.435. The molecule has 0 radical (unpaired) electrons. The van der Waals surface area contributed by atoms with E-state index < -0.39 is 6.10 Å². The lowest BCUT2D eigenvalue weighted by atomic mass is 10.1. The van der Waals surface area contributed by atoms with Gasteiger partial charge in [-0.3, -0.25) is 9.89 Å². The molecule has 1 atom stereocenters. The van der Waals surface area contributed by atoms with Crippen LogP contribution in [0.3, 0.4) is 0 Å². The van der Waals surface area contributed by atoms with Gasteiger partial charge in [0.1, 0.15) is 11.6 Å². The summed E-state index contributed by atoms with van der Waals surface area (Å²) in [5.41, 5.74) is 6.35. The SMILES string of the molecule is Nc1n[nH]c(CCNC(=O)C2Cc3cc(Cl)ccc3O2)n1. The van der Waals surface area contributed by atoms with Gasteiger partial charge >= 0.3 is 0 Å². The summed E-state index contributed by atoms with van der Waals surface area (Å²) in [6.07, 6.45) is 0.538. The summed E-state index contributed by atoms with van der Waals surface area (Å²) in [4.78, 5) is 16.0. The second-order valence-electron chi connectivity index (χ2n) is 4.74. The largest absolute Gasteiger partial charge is 0.480 e. The lowest BCUT2D eigenvalue weighted by Crippen LogP contribution is -2.38. The molecule has 0 saturated heterocycles. The first-order chi connectivity index (χ1) is 10.1. The summed E-state index contributed by atoms with van der Waals surface area (Å²) in [7, 11) is 0. The van der Waals surface area contributed by atoms with Crippen LogP contribution in [0.2, 0.25) is 5.02 Å². The molecule has 110 valence electrons. The van der Waals surface area contributed by atoms with Crippen molar-refractivity contribution in [3.05, 3.63) is 34.6 Å². The molecule has 1 aromatic carbocycles. The molecular weight excluding hydrogens is 294 g/mol. The lowest BCUT2D eigenvalue weighted by Gasteiger charge is -2.10. The van der Waals surface area contributed by atoms with Crippen LogP contribution >= 0.6 is 11.6 Å². The van der Waals surface area contributed by atoms with E-state index in [1.165, 1.54) is 0 Å². The van der Waals surface area contributed by atoms with Crippen molar-refractivity contribution in [2.45, 2.75) is 18.9 Å². The van der Waals surface area contributed by atoms with Gasteiger partial charge in [0.25, 0.3) is 5.91 Å². The third-order valence-electron chi connectivity index (χ3n) is 3.20. The lowest BCUT2D eigenvalue weighted by molar-refractivity contribution is -0.127. The van der Waals surface area contributed by atoms with Crippen molar-refractivity contribution in [3.63, 3.8) is 0 Å². The molecule has 1 aliphatic heterocycles. The molecule has 4 N–H and O–H groups in total. The fourth-order valence-corrected chi connectivity index (χ4v) is 2.40. The van der Waals surface area contributed by atoms with Gasteiger partial charge in [0.2, 0.25) is 5.95 Å². The quantitative estimate of drug-likeness (QED) is 0.771. The number of nitrogen functional groups attached to an aromatic ring is 1. The monoisotopic (exact) mass is 307 g/mol. The minimum Gasteiger partial charge on any atom is -0.480 e. The van der Waals surface area contributed by atoms with Crippen LogP contribution in [-0.2, 0) is 17.6 Å². The molecule has 2 aromatic rings. The maximum atomic E-state index is 12.1. The van der Waals surface area contributed by atoms with Gasteiger partial charge in [-0.25, -0.2) is 0 Å². The zero-order valence-electron chi connectivity index (χ0n) is 11.1. The number of ether oxygens (including phenoxy) is 1. The van der Waals surface area contributed by atoms with Gasteiger partial charge in [-0.05, 0) is 23.8 Å². The van der Waals surface area contributed by atoms with E-state index in [4.69, 9.17) is 22.1 Å². The topological polar surface area (TPSA) is 106 Å². The molecule has 3 rings (SSSR count). The second kappa shape index (κ2) is 5.61. The van der Waals surface area contributed by atoms with Crippen LogP contribution in [0.25, 0.3) is 0 Å². The van der Waals surface area contributed by atoms with E-state index in [0.717, 1.165) is 5.56 Å². The Balaban J connectivity index is 1.51. The number of anilines is 1. The van der Waals surface area contributed by atoms with Gasteiger partial charge in [0, 0.05) is 24.4 Å². The van der Waals surface area contributed by atoms with Crippen LogP contribution in [0.1, 0.15) is 11.4 Å². The minimum atomic E-state index is -0.515. The van der Waals surface area contributed by atoms with E-state index in [9.17, 15) is 4.79 Å². The molecule has 1 aromatic heterocycles. The highest BCUT2D eigenvalue weighted by Crippen LogP contribution is 2.31. The van der Waals surface area contributed by atoms with Crippen molar-refractivity contribution in [2.24, 2.45) is 0 Å². The number of amides is 1. The first-order valence-corrected chi connectivity index (χ1v) is 6.89. The number of aromatic amines is 1. The fraction of sp³-hybridized carbons (Fsp3) is 0.308. The molecule has 0 spiro atoms. The van der Waals surface area contributed by atoms with E-state index in [1.807, 2.05) is 6.07 Å². The number of aromatic nitrogens is 3. The number of benzene rings is 1. The molecule has 0 saturated carbocycles. The molecule has 1 unspecified atom stereocenters. The van der Waals surface area contributed by atoms with Crippen molar-refractivity contribution < 1.29 is 9.53 Å². The zero-order valence-corrected chi connectivity index (χ0v) is 11.9. The highest BCUT2D eigenvalue weighted by Gasteiger charge is 2.28. The summed E-state index contributed by atoms with van der Waals surface area (Å²) < 4.78 is 5.60. The Hall–Kier alpha value is -2.28. The standard InChI is InChI=1S/C13H14ClN5O2/c14-8-1-2-9-7(5-8)6-10(21-9)12(20)16-4-3-11-17-13(15)19-18-11/h1-2,5,10H,3-4,6H2,(H,16,20)(H3,15,17,18,19). The summed E-state index contributed by atoms with van der Waals surface area (Å²) in [5.74, 6) is 1.38. The van der Waals surface area contributed by atoms with Crippen LogP contribution in [0.15, 0.2) is 18.2 Å². The number of H-pyrrole nitrogens is 1. The minimum absolute atomic E-state index is 0.158. The van der Waals surface area contributed by atoms with E-state index in [-0.39, 0.29) is 11.9 Å². The number of hydrogen-bond donors (Lipinski definition) is 3. The van der Waals surface area contributed by atoms with Crippen LogP contribution in [0, 0.1) is 0 Å². The molecule has 0 fully saturated rings. The number of nitrogens with zero attached hydrogens (tertiary/aromatic N) is 2. The van der Waals surface area contributed by atoms with Crippen LogP contribution in [0.4, 0.5) is 5.95 Å². The zero-order chi connectivity index (χ0) is 14.8. The van der Waals surface area contributed by atoms with Crippen molar-refractivity contribution in [1.82, 2.24) is 20.5 Å². The number of fused-ring (bicyclic) bond motifs is 1. The molecule has 8 heteroatoms. The number of nitrogens with one attached hydrogen (secondary N) is 2. The smallest absolute Gasteiger partial charge is 0.261 e. The van der Waals surface area contributed by atoms with E-state index in [2.05, 4.69) is 20.5 Å². The molecule has 1 amide bonds. The Labute approximate surface area is 125 Å². The van der Waals surface area contributed by atoms with Gasteiger partial charge < -0.3 is 15.8 Å². The number of halogens is 1. The highest BCUT2D eigenvalue weighted by atomic mass is 35.5. The number of carbonyl (C=O) groups excluding carboxylic acids is 1. The molecule has 0 bridgehead atoms. The third-order valence-corrected chi connectivity index (χ3v) is 3.43. The Bertz CT molecular complexity index is 672. The molecule has 21 heavy (non-hydrogen) atoms. The average molecular weight is 308 g/mol. The molecule has 2 heterocycles. The summed E-state index contributed by atoms with van der Waals surface area (Å²) >= 11 is 5.92. The van der Waals surface area contributed by atoms with E-state index >= 15 is 0 Å². The van der Waals surface area contributed by atoms with Crippen molar-refractivity contribution in [2.75, 3.05) is 12.3 Å². The number of carbonyl (C=O) groups is 1. The Kier molecular flexibility index (Phi) is 3.66. The first-order valence-electron chi connectivity index (χ1n) is 6.51. The van der Waals surface area contributed by atoms with Crippen molar-refractivity contribution >= 4 is 23.5 Å². The first kappa shape index (κ1) is 13.7. The van der Waals surface area contributed by atoms with Crippen LogP contribution < -0.4 is 15.8 Å². The third kappa shape index (κ3) is 3.08. The normalized spacial score (nSPS) is 16.3. The number of nitrogens with two attached hydrogens (primary N) is 1. The van der Waals surface area contributed by atoms with Crippen LogP contribution in [0.5, 0.6) is 5.75 Å². The van der Waals surface area contributed by atoms with E-state index in [0.29, 0.717) is 36.0 Å². The molecule has 0 aliphatic carbocycles. The van der Waals surface area contributed by atoms with E-state index in [1.54, 1.807) is 12.1 Å². The van der Waals surface area contributed by atoms with Crippen molar-refractivity contribution in [3.8, 4) is 5.75 Å². The predicted molar refractivity (Wildman–Crippen MR) is 77.1 cm³/mol. The fourth-order valence-electron chi connectivity index (χ4n) is 2.20. The Morgan fingerprint density at radius 2 is 2.43 bits per heavy atom. The highest BCUT2D eigenvalue weighted by molar-refractivity contribution is 6.30. The Morgan fingerprint density at radius 3 is 3.19 bits per heavy atom. The summed E-state index contributed by atoms with van der Waals surface area (Å²) in [6, 6.07) is 5.35.